The fraction of sp³-hybridized carbons (Fsp3) is 0.500. The molecule has 0 radical (unpaired) electrons. The number of methoxy groups -OCH3 is 1. The minimum Gasteiger partial charge on any atom is -0.497 e. The Morgan fingerprint density at radius 1 is 1.44 bits per heavy atom. The number of nitrogens with one attached hydrogen (secondary N) is 1. The summed E-state index contributed by atoms with van der Waals surface area (Å²) < 4.78 is 5.11. The molecule has 1 aliphatic rings. The third-order valence-electron chi connectivity index (χ3n) is 3.51. The van der Waals surface area contributed by atoms with Gasteiger partial charge in [0, 0.05) is 0 Å². The van der Waals surface area contributed by atoms with Gasteiger partial charge in [-0.3, -0.25) is 4.79 Å². The molecule has 0 saturated carbocycles. The van der Waals surface area contributed by atoms with Crippen LogP contribution in [0.4, 0.5) is 0 Å². The Kier molecular flexibility index (Phi) is 4.20. The first-order valence-electron chi connectivity index (χ1n) is 6.30. The third kappa shape index (κ3) is 3.01. The van der Waals surface area contributed by atoms with Crippen LogP contribution in [-0.2, 0) is 11.2 Å². The molecule has 98 valence electrons. The molecule has 1 saturated heterocycles. The number of carboxylic acid groups (broad SMARTS) is 1. The second-order valence-electron chi connectivity index (χ2n) is 4.72. The average Bonchev–Trinajstić information content (AvgIpc) is 2.40. The van der Waals surface area contributed by atoms with Gasteiger partial charge in [-0.2, -0.15) is 0 Å². The van der Waals surface area contributed by atoms with Crippen LogP contribution in [0.1, 0.15) is 18.4 Å². The minimum absolute atomic E-state index is 0.171. The van der Waals surface area contributed by atoms with Crippen LogP contribution in [0.3, 0.4) is 0 Å². The second-order valence-corrected chi connectivity index (χ2v) is 4.72. The highest BCUT2D eigenvalue weighted by atomic mass is 16.5. The summed E-state index contributed by atoms with van der Waals surface area (Å²) in [5.74, 6) is 0.258. The summed E-state index contributed by atoms with van der Waals surface area (Å²) in [5.41, 5.74) is 1.16. The highest BCUT2D eigenvalue weighted by molar-refractivity contribution is 5.74. The number of hydrogen-bond acceptors (Lipinski definition) is 3. The molecule has 18 heavy (non-hydrogen) atoms. The number of hydrogen-bond donors (Lipinski definition) is 2. The zero-order valence-electron chi connectivity index (χ0n) is 10.6. The quantitative estimate of drug-likeness (QED) is 0.852. The molecular formula is C14H19NO3. The van der Waals surface area contributed by atoms with Crippen LogP contribution in [0.2, 0.25) is 0 Å². The van der Waals surface area contributed by atoms with Crippen molar-refractivity contribution in [1.29, 1.82) is 0 Å². The molecule has 2 rings (SSSR count). The fourth-order valence-corrected chi connectivity index (χ4v) is 2.53. The van der Waals surface area contributed by atoms with E-state index in [1.807, 2.05) is 24.3 Å². The predicted molar refractivity (Wildman–Crippen MR) is 68.8 cm³/mol. The van der Waals surface area contributed by atoms with Crippen molar-refractivity contribution in [1.82, 2.24) is 5.32 Å². The number of ether oxygens (including phenoxy) is 1. The van der Waals surface area contributed by atoms with E-state index in [9.17, 15) is 9.90 Å². The summed E-state index contributed by atoms with van der Waals surface area (Å²) in [5, 5.41) is 12.3. The Morgan fingerprint density at radius 2 is 2.17 bits per heavy atom. The van der Waals surface area contributed by atoms with E-state index in [-0.39, 0.29) is 5.92 Å². The summed E-state index contributed by atoms with van der Waals surface area (Å²) >= 11 is 0. The first kappa shape index (κ1) is 12.9. The van der Waals surface area contributed by atoms with Crippen LogP contribution in [0.15, 0.2) is 24.3 Å². The van der Waals surface area contributed by atoms with E-state index in [1.54, 1.807) is 7.11 Å². The zero-order chi connectivity index (χ0) is 13.0. The smallest absolute Gasteiger partial charge is 0.320 e. The van der Waals surface area contributed by atoms with Gasteiger partial charge in [-0.15, -0.1) is 0 Å². The summed E-state index contributed by atoms with van der Waals surface area (Å²) in [6.45, 7) is 0.802. The molecule has 0 aromatic heterocycles. The fourth-order valence-electron chi connectivity index (χ4n) is 2.53. The topological polar surface area (TPSA) is 58.6 Å². The molecule has 4 nitrogen and oxygen atoms in total. The lowest BCUT2D eigenvalue weighted by Gasteiger charge is -2.29. The lowest BCUT2D eigenvalue weighted by atomic mass is 9.85. The van der Waals surface area contributed by atoms with Crippen molar-refractivity contribution in [2.75, 3.05) is 13.7 Å². The van der Waals surface area contributed by atoms with E-state index in [1.165, 1.54) is 0 Å². The van der Waals surface area contributed by atoms with Crippen LogP contribution in [0.5, 0.6) is 5.75 Å². The molecule has 1 heterocycles. The standard InChI is InChI=1S/C14H19NO3/c1-18-12-6-4-10(5-7-12)9-11-3-2-8-15-13(11)14(16)17/h4-7,11,13,15H,2-3,8-9H2,1H3,(H,16,17)/t11-,13+/m0/s1. The predicted octanol–water partition coefficient (Wildman–Crippen LogP) is 1.69. The van der Waals surface area contributed by atoms with Crippen molar-refractivity contribution >= 4 is 5.97 Å². The molecule has 1 aliphatic heterocycles. The van der Waals surface area contributed by atoms with Crippen molar-refractivity contribution in [2.45, 2.75) is 25.3 Å². The molecule has 1 aromatic carbocycles. The maximum atomic E-state index is 11.2. The normalized spacial score (nSPS) is 23.6. The summed E-state index contributed by atoms with van der Waals surface area (Å²) in [6, 6.07) is 7.43. The van der Waals surface area contributed by atoms with Gasteiger partial charge in [0.25, 0.3) is 0 Å². The average molecular weight is 249 g/mol. The Hall–Kier alpha value is -1.55. The van der Waals surface area contributed by atoms with Crippen molar-refractivity contribution in [3.63, 3.8) is 0 Å². The van der Waals surface area contributed by atoms with Crippen molar-refractivity contribution < 1.29 is 14.6 Å². The molecule has 0 spiro atoms. The molecule has 2 atom stereocenters. The van der Waals surface area contributed by atoms with Gasteiger partial charge >= 0.3 is 5.97 Å². The van der Waals surface area contributed by atoms with Crippen molar-refractivity contribution in [3.05, 3.63) is 29.8 Å². The van der Waals surface area contributed by atoms with Gasteiger partial charge in [-0.1, -0.05) is 12.1 Å². The van der Waals surface area contributed by atoms with Crippen molar-refractivity contribution in [2.24, 2.45) is 5.92 Å². The molecule has 4 heteroatoms. The molecule has 0 amide bonds. The van der Waals surface area contributed by atoms with Gasteiger partial charge in [0.1, 0.15) is 11.8 Å². The van der Waals surface area contributed by atoms with Gasteiger partial charge < -0.3 is 15.2 Å². The third-order valence-corrected chi connectivity index (χ3v) is 3.51. The van der Waals surface area contributed by atoms with Crippen molar-refractivity contribution in [3.8, 4) is 5.75 Å². The molecule has 0 bridgehead atoms. The summed E-state index contributed by atoms with van der Waals surface area (Å²) in [6.07, 6.45) is 2.81. The number of piperidine rings is 1. The maximum absolute atomic E-state index is 11.2. The van der Waals surface area contributed by atoms with Gasteiger partial charge in [0.15, 0.2) is 0 Å². The number of benzene rings is 1. The molecule has 0 aliphatic carbocycles. The second kappa shape index (κ2) is 5.87. The van der Waals surface area contributed by atoms with E-state index in [4.69, 9.17) is 4.74 Å². The first-order valence-corrected chi connectivity index (χ1v) is 6.30. The summed E-state index contributed by atoms with van der Waals surface area (Å²) in [7, 11) is 1.64. The van der Waals surface area contributed by atoms with Crippen LogP contribution in [0.25, 0.3) is 0 Å². The zero-order valence-corrected chi connectivity index (χ0v) is 10.6. The Morgan fingerprint density at radius 3 is 2.78 bits per heavy atom. The van der Waals surface area contributed by atoms with Crippen LogP contribution in [0, 0.1) is 5.92 Å². The summed E-state index contributed by atoms with van der Waals surface area (Å²) in [4.78, 5) is 11.2. The lowest BCUT2D eigenvalue weighted by molar-refractivity contribution is -0.141. The number of aliphatic carboxylic acids is 1. The number of carboxylic acids is 1. The molecular weight excluding hydrogens is 230 g/mol. The van der Waals surface area contributed by atoms with Gasteiger partial charge in [-0.05, 0) is 49.4 Å². The van der Waals surface area contributed by atoms with E-state index in [0.717, 1.165) is 37.1 Å². The molecule has 2 N–H and O–H groups in total. The highest BCUT2D eigenvalue weighted by Gasteiger charge is 2.30. The van der Waals surface area contributed by atoms with Crippen LogP contribution < -0.4 is 10.1 Å². The Bertz CT molecular complexity index is 402. The Balaban J connectivity index is 2.03. The molecule has 0 unspecified atom stereocenters. The van der Waals surface area contributed by atoms with Crippen LogP contribution >= 0.6 is 0 Å². The maximum Gasteiger partial charge on any atom is 0.320 e. The first-order chi connectivity index (χ1) is 8.70. The SMILES string of the molecule is COc1ccc(C[C@@H]2CCCN[C@H]2C(=O)O)cc1. The molecule has 1 fully saturated rings. The number of carbonyl (C=O) groups is 1. The monoisotopic (exact) mass is 249 g/mol. The largest absolute Gasteiger partial charge is 0.497 e. The van der Waals surface area contributed by atoms with E-state index < -0.39 is 12.0 Å². The van der Waals surface area contributed by atoms with Crippen LogP contribution in [-0.4, -0.2) is 30.8 Å². The van der Waals surface area contributed by atoms with Gasteiger partial charge in [-0.25, -0.2) is 0 Å². The minimum atomic E-state index is -0.742. The van der Waals surface area contributed by atoms with Gasteiger partial charge in [0.2, 0.25) is 0 Å². The van der Waals surface area contributed by atoms with E-state index in [2.05, 4.69) is 5.32 Å². The highest BCUT2D eigenvalue weighted by Crippen LogP contribution is 2.23. The van der Waals surface area contributed by atoms with E-state index >= 15 is 0 Å². The van der Waals surface area contributed by atoms with Gasteiger partial charge in [0.05, 0.1) is 7.11 Å². The lowest BCUT2D eigenvalue weighted by Crippen LogP contribution is -2.47. The Labute approximate surface area is 107 Å². The number of rotatable bonds is 4. The van der Waals surface area contributed by atoms with E-state index in [0.29, 0.717) is 0 Å². The molecule has 1 aromatic rings.